The molecule has 19 nitrogen and oxygen atoms in total. The smallest absolute Gasteiger partial charge is 0.314 e. The molecule has 6 heterocycles. The van der Waals surface area contributed by atoms with Crippen molar-refractivity contribution >= 4 is 76.5 Å². The minimum absolute atomic E-state index is 0.189. The first-order valence-electron chi connectivity index (χ1n) is 22.8. The average Bonchev–Trinajstić information content (AvgIpc) is 4.01. The number of anilines is 4. The maximum atomic E-state index is 13.5. The van der Waals surface area contributed by atoms with E-state index >= 15 is 0 Å². The third-order valence-corrected chi connectivity index (χ3v) is 14.1. The second-order valence-electron chi connectivity index (χ2n) is 18.8. The lowest BCUT2D eigenvalue weighted by Gasteiger charge is -2.38. The summed E-state index contributed by atoms with van der Waals surface area (Å²) in [5, 5.41) is 17.7. The van der Waals surface area contributed by atoms with Gasteiger partial charge in [-0.05, 0) is 79.0 Å². The van der Waals surface area contributed by atoms with Crippen molar-refractivity contribution in [1.29, 1.82) is 0 Å². The Balaban J connectivity index is 0.000000207. The Bertz CT molecular complexity index is 2770. The average molecular weight is 947 g/mol. The maximum absolute atomic E-state index is 13.5. The number of carbonyl (C=O) groups excluding carboxylic acids is 4. The second kappa shape index (κ2) is 21.3. The summed E-state index contributed by atoms with van der Waals surface area (Å²) >= 11 is 0. The van der Waals surface area contributed by atoms with Crippen molar-refractivity contribution in [1.82, 2.24) is 39.7 Å². The molecule has 4 atom stereocenters. The van der Waals surface area contributed by atoms with E-state index < -0.39 is 31.7 Å². The van der Waals surface area contributed by atoms with E-state index in [1.165, 1.54) is 18.6 Å². The van der Waals surface area contributed by atoms with E-state index in [0.717, 1.165) is 48.6 Å². The zero-order valence-electron chi connectivity index (χ0n) is 39.7. The molecule has 0 unspecified atom stereocenters. The van der Waals surface area contributed by atoms with Gasteiger partial charge in [0.2, 0.25) is 0 Å². The first-order chi connectivity index (χ1) is 32.5. The molecule has 0 saturated carbocycles. The van der Waals surface area contributed by atoms with Crippen LogP contribution in [0.1, 0.15) is 62.7 Å². The number of methoxy groups -OCH3 is 2. The molecule has 0 radical (unpaired) electrons. The number of ether oxygens (including phenoxy) is 3. The van der Waals surface area contributed by atoms with E-state index in [1.807, 2.05) is 48.5 Å². The number of fused-ring (bicyclic) bond motifs is 2. The van der Waals surface area contributed by atoms with Crippen LogP contribution in [0.2, 0.25) is 25.7 Å². The van der Waals surface area contributed by atoms with E-state index in [-0.39, 0.29) is 24.7 Å². The van der Waals surface area contributed by atoms with Gasteiger partial charge in [0.05, 0.1) is 84.3 Å². The number of piperidine rings is 2. The predicted molar refractivity (Wildman–Crippen MR) is 263 cm³/mol. The molecule has 6 aromatic rings. The highest BCUT2D eigenvalue weighted by molar-refractivity contribution is 6.76. The number of pyridine rings is 2. The van der Waals surface area contributed by atoms with Crippen molar-refractivity contribution in [2.45, 2.75) is 84.0 Å². The lowest BCUT2D eigenvalue weighted by Crippen LogP contribution is -2.46. The minimum Gasteiger partial charge on any atom is -0.497 e. The summed E-state index contributed by atoms with van der Waals surface area (Å²) in [6, 6.07) is 15.9. The highest BCUT2D eigenvalue weighted by Crippen LogP contribution is 2.37. The molecular formula is C48H62N12O7Si. The molecule has 2 saturated heterocycles. The van der Waals surface area contributed by atoms with E-state index in [4.69, 9.17) is 25.7 Å². The fourth-order valence-electron chi connectivity index (χ4n) is 8.65. The standard InChI is InChI=1S/C27H38N6O4Si.C21H24N6O3/c1-18-9-10-23(19-7-6-8-20(13-19)36-2)32(16-18)27(35)26(34)31-22-15-29-25(28)21-14-30-33(24(21)22)17-37-11-12-38(3,4)5;1-12-6-7-17(13-4-3-5-14(8-13)30-2)27(11-12)21(29)20(28)25-16-10-23-19(22)15-9-24-26-18(15)16/h6-8,13-15,18,23H,9-12,16-17H2,1-5H3,(H2,28,29)(H,31,34);3-5,8-10,12,17H,6-7,11H2,1-2H3,(H2,22,23)(H,24,26)(H,25,28)/t18-,23+;12-,17+/m00/s1. The summed E-state index contributed by atoms with van der Waals surface area (Å²) < 4.78 is 18.2. The second-order valence-corrected chi connectivity index (χ2v) is 24.4. The fourth-order valence-corrected chi connectivity index (χ4v) is 9.40. The lowest BCUT2D eigenvalue weighted by atomic mass is 9.89. The quantitative estimate of drug-likeness (QED) is 0.0512. The van der Waals surface area contributed by atoms with Crippen LogP contribution >= 0.6 is 0 Å². The molecule has 4 aromatic heterocycles. The molecule has 0 spiro atoms. The molecule has 2 fully saturated rings. The van der Waals surface area contributed by atoms with Gasteiger partial charge in [-0.25, -0.2) is 14.6 Å². The highest BCUT2D eigenvalue weighted by atomic mass is 28.3. The molecule has 360 valence electrons. The van der Waals surface area contributed by atoms with E-state index in [0.29, 0.717) is 76.2 Å². The van der Waals surface area contributed by atoms with Gasteiger partial charge < -0.3 is 46.1 Å². The number of benzene rings is 2. The Labute approximate surface area is 396 Å². The monoisotopic (exact) mass is 946 g/mol. The summed E-state index contributed by atoms with van der Waals surface area (Å²) in [4.78, 5) is 64.4. The number of hydrogen-bond acceptors (Lipinski definition) is 13. The molecule has 0 aliphatic carbocycles. The van der Waals surface area contributed by atoms with Crippen molar-refractivity contribution in [2.75, 3.05) is 56.0 Å². The number of carbonyl (C=O) groups is 4. The minimum atomic E-state index is -1.24. The van der Waals surface area contributed by atoms with Gasteiger partial charge in [0.15, 0.2) is 0 Å². The van der Waals surface area contributed by atoms with Crippen molar-refractivity contribution < 1.29 is 33.4 Å². The van der Waals surface area contributed by atoms with E-state index in [9.17, 15) is 19.2 Å². The Morgan fingerprint density at radius 2 is 1.26 bits per heavy atom. The summed E-state index contributed by atoms with van der Waals surface area (Å²) in [6.07, 6.45) is 9.49. The topological polar surface area (TPSA) is 251 Å². The Morgan fingerprint density at radius 1 is 0.735 bits per heavy atom. The van der Waals surface area contributed by atoms with Gasteiger partial charge in [-0.3, -0.25) is 24.3 Å². The van der Waals surface area contributed by atoms with E-state index in [1.54, 1.807) is 34.9 Å². The SMILES string of the molecule is COc1cccc([C@H]2CC[C@H](C)CN2C(=O)C(=O)Nc2cnc(N)c3cn[nH]c23)c1.COc1cccc([C@H]2CC[C@H](C)CN2C(=O)C(=O)Nc2cnc(N)c3cnn(COCC[Si](C)(C)C)c23)c1. The van der Waals surface area contributed by atoms with Crippen molar-refractivity contribution in [2.24, 2.45) is 11.8 Å². The van der Waals surface area contributed by atoms with Crippen LogP contribution < -0.4 is 31.6 Å². The summed E-state index contributed by atoms with van der Waals surface area (Å²) in [6.45, 7) is 12.9. The van der Waals surface area contributed by atoms with Crippen LogP contribution in [0.25, 0.3) is 21.8 Å². The van der Waals surface area contributed by atoms with Crippen LogP contribution in [0.4, 0.5) is 23.0 Å². The highest BCUT2D eigenvalue weighted by Gasteiger charge is 2.36. The number of rotatable bonds is 11. The molecule has 68 heavy (non-hydrogen) atoms. The number of nitrogens with one attached hydrogen (secondary N) is 3. The molecule has 2 aliphatic rings. The Morgan fingerprint density at radius 3 is 1.81 bits per heavy atom. The van der Waals surface area contributed by atoms with Gasteiger partial charge >= 0.3 is 23.6 Å². The van der Waals surface area contributed by atoms with Crippen LogP contribution in [0, 0.1) is 11.8 Å². The number of nitrogens with zero attached hydrogens (tertiary/aromatic N) is 7. The number of hydrogen-bond donors (Lipinski definition) is 5. The number of amides is 4. The third-order valence-electron chi connectivity index (χ3n) is 12.4. The van der Waals surface area contributed by atoms with Gasteiger partial charge in [0.25, 0.3) is 0 Å². The van der Waals surface area contributed by atoms with Crippen LogP contribution in [0.3, 0.4) is 0 Å². The predicted octanol–water partition coefficient (Wildman–Crippen LogP) is 6.76. The zero-order valence-corrected chi connectivity index (χ0v) is 40.7. The molecule has 0 bridgehead atoms. The summed E-state index contributed by atoms with van der Waals surface area (Å²) in [5.41, 5.74) is 15.6. The van der Waals surface area contributed by atoms with Crippen LogP contribution in [-0.2, 0) is 30.6 Å². The first kappa shape index (κ1) is 48.9. The fraction of sp³-hybridized carbons (Fsp3) is 0.417. The lowest BCUT2D eigenvalue weighted by molar-refractivity contribution is -0.146. The van der Waals surface area contributed by atoms with E-state index in [2.05, 4.69) is 69.4 Å². The zero-order chi connectivity index (χ0) is 48.7. The van der Waals surface area contributed by atoms with Gasteiger partial charge in [-0.15, -0.1) is 0 Å². The number of likely N-dealkylation sites (tertiary alicyclic amines) is 2. The third kappa shape index (κ3) is 11.4. The first-order valence-corrected chi connectivity index (χ1v) is 26.5. The van der Waals surface area contributed by atoms with Crippen LogP contribution in [0.5, 0.6) is 11.5 Å². The molecule has 8 rings (SSSR count). The van der Waals surface area contributed by atoms with Crippen LogP contribution in [-0.4, -0.2) is 105 Å². The number of H-pyrrole nitrogens is 1. The maximum Gasteiger partial charge on any atom is 0.314 e. The molecule has 7 N–H and O–H groups in total. The number of aromatic amines is 1. The summed E-state index contributed by atoms with van der Waals surface area (Å²) in [5.74, 6) is -0.00964. The molecule has 2 aliphatic heterocycles. The molecular weight excluding hydrogens is 885 g/mol. The van der Waals surface area contributed by atoms with Gasteiger partial charge in [0, 0.05) is 27.8 Å². The van der Waals surface area contributed by atoms with Crippen molar-refractivity contribution in [3.05, 3.63) is 84.4 Å². The van der Waals surface area contributed by atoms with Gasteiger partial charge in [-0.1, -0.05) is 57.8 Å². The molecule has 4 amide bonds. The largest absolute Gasteiger partial charge is 0.497 e. The molecule has 2 aromatic carbocycles. The van der Waals surface area contributed by atoms with Gasteiger partial charge in [0.1, 0.15) is 29.9 Å². The molecule has 20 heteroatoms. The van der Waals surface area contributed by atoms with Crippen LogP contribution in [0.15, 0.2) is 73.3 Å². The number of nitrogens with two attached hydrogens (primary N) is 2. The van der Waals surface area contributed by atoms with Crippen molar-refractivity contribution in [3.63, 3.8) is 0 Å². The Hall–Kier alpha value is -7.06. The summed E-state index contributed by atoms with van der Waals surface area (Å²) in [7, 11) is 1.98. The number of aromatic nitrogens is 6. The Kier molecular flexibility index (Phi) is 15.3. The van der Waals surface area contributed by atoms with Crippen molar-refractivity contribution in [3.8, 4) is 11.5 Å². The number of nitrogen functional groups attached to an aromatic ring is 2. The normalized spacial score (nSPS) is 18.4. The van der Waals surface area contributed by atoms with Gasteiger partial charge in [-0.2, -0.15) is 10.2 Å².